The summed E-state index contributed by atoms with van der Waals surface area (Å²) in [6, 6.07) is 0. The molecule has 0 bridgehead atoms. The van der Waals surface area contributed by atoms with Crippen LogP contribution in [-0.2, 0) is 6.54 Å². The van der Waals surface area contributed by atoms with Gasteiger partial charge in [0.25, 0.3) is 0 Å². The number of aryl methyl sites for hydroxylation is 1. The minimum absolute atomic E-state index is 0.0670. The average Bonchev–Trinajstić information content (AvgIpc) is 2.13. The molecule has 4 nitrogen and oxygen atoms in total. The fourth-order valence-corrected chi connectivity index (χ4v) is 0.674. The highest BCUT2D eigenvalue weighted by molar-refractivity contribution is 4.71. The molecule has 0 spiro atoms. The molecule has 1 rings (SSSR count). The molecule has 0 radical (unpaired) electrons. The first-order valence-corrected chi connectivity index (χ1v) is 2.94. The molecule has 4 heteroatoms. The van der Waals surface area contributed by atoms with Crippen LogP contribution >= 0.6 is 0 Å². The maximum atomic E-state index is 7.18. The molecule has 1 heterocycles. The molecule has 0 atom stereocenters. The van der Waals surface area contributed by atoms with Gasteiger partial charge in [-0.3, -0.25) is 0 Å². The standard InChI is InChI=1S/C6H9N3O/c1-3-4-9-6(7)10-5(2)8-9/h3,7H,1,4H2,2H3. The van der Waals surface area contributed by atoms with Gasteiger partial charge in [-0.25, -0.2) is 10.1 Å². The lowest BCUT2D eigenvalue weighted by Crippen LogP contribution is -2.14. The molecule has 54 valence electrons. The average molecular weight is 139 g/mol. The molecular formula is C6H9N3O. The zero-order valence-electron chi connectivity index (χ0n) is 5.79. The van der Waals surface area contributed by atoms with E-state index in [0.717, 1.165) is 0 Å². The normalized spacial score (nSPS) is 9.70. The molecule has 1 N–H and O–H groups in total. The van der Waals surface area contributed by atoms with Crippen molar-refractivity contribution in [3.05, 3.63) is 24.2 Å². The van der Waals surface area contributed by atoms with E-state index in [1.165, 1.54) is 4.68 Å². The number of nitrogens with zero attached hydrogens (tertiary/aromatic N) is 2. The predicted molar refractivity (Wildman–Crippen MR) is 35.3 cm³/mol. The van der Waals surface area contributed by atoms with E-state index in [2.05, 4.69) is 11.7 Å². The van der Waals surface area contributed by atoms with E-state index >= 15 is 0 Å². The molecule has 0 fully saturated rings. The fraction of sp³-hybridized carbons (Fsp3) is 0.333. The summed E-state index contributed by atoms with van der Waals surface area (Å²) in [5.74, 6) is 0.506. The van der Waals surface area contributed by atoms with Crippen molar-refractivity contribution in [1.29, 1.82) is 5.41 Å². The Kier molecular flexibility index (Phi) is 1.71. The second kappa shape index (κ2) is 2.51. The lowest BCUT2D eigenvalue weighted by Gasteiger charge is -1.87. The lowest BCUT2D eigenvalue weighted by atomic mass is 10.6. The van der Waals surface area contributed by atoms with Gasteiger partial charge in [-0.15, -0.1) is 11.7 Å². The van der Waals surface area contributed by atoms with Crippen molar-refractivity contribution < 1.29 is 4.42 Å². The van der Waals surface area contributed by atoms with Crippen LogP contribution < -0.4 is 5.68 Å². The molecule has 0 aliphatic carbocycles. The Bertz CT molecular complexity index is 283. The molecular weight excluding hydrogens is 130 g/mol. The van der Waals surface area contributed by atoms with Crippen LogP contribution in [-0.4, -0.2) is 9.78 Å². The third-order valence-corrected chi connectivity index (χ3v) is 1.04. The van der Waals surface area contributed by atoms with Gasteiger partial charge in [0.05, 0.1) is 6.54 Å². The number of rotatable bonds is 2. The zero-order valence-corrected chi connectivity index (χ0v) is 5.79. The van der Waals surface area contributed by atoms with Crippen molar-refractivity contribution in [2.75, 3.05) is 0 Å². The van der Waals surface area contributed by atoms with Gasteiger partial charge in [-0.2, -0.15) is 0 Å². The molecule has 0 aromatic carbocycles. The summed E-state index contributed by atoms with van der Waals surface area (Å²) in [5.41, 5.74) is 0.0670. The van der Waals surface area contributed by atoms with Crippen LogP contribution in [0.4, 0.5) is 0 Å². The van der Waals surface area contributed by atoms with Crippen LogP contribution in [0.2, 0.25) is 0 Å². The maximum absolute atomic E-state index is 7.18. The monoisotopic (exact) mass is 139 g/mol. The van der Waals surface area contributed by atoms with Crippen LogP contribution in [0.1, 0.15) is 5.89 Å². The Labute approximate surface area is 58.3 Å². The Morgan fingerprint density at radius 3 is 3.00 bits per heavy atom. The lowest BCUT2D eigenvalue weighted by molar-refractivity contribution is 0.441. The molecule has 0 saturated carbocycles. The molecule has 0 aliphatic rings. The molecule has 0 saturated heterocycles. The third kappa shape index (κ3) is 1.15. The van der Waals surface area contributed by atoms with E-state index in [0.29, 0.717) is 12.4 Å². The van der Waals surface area contributed by atoms with Gasteiger partial charge >= 0.3 is 5.68 Å². The minimum Gasteiger partial charge on any atom is -0.409 e. The van der Waals surface area contributed by atoms with Gasteiger partial charge < -0.3 is 4.42 Å². The number of hydrogen-bond acceptors (Lipinski definition) is 3. The summed E-state index contributed by atoms with van der Waals surface area (Å²) in [4.78, 5) is 0. The Morgan fingerprint density at radius 1 is 1.90 bits per heavy atom. The smallest absolute Gasteiger partial charge is 0.312 e. The first kappa shape index (κ1) is 6.80. The highest BCUT2D eigenvalue weighted by Crippen LogP contribution is 1.84. The predicted octanol–water partition coefficient (Wildman–Crippen LogP) is 0.450. The summed E-state index contributed by atoms with van der Waals surface area (Å²) < 4.78 is 6.27. The van der Waals surface area contributed by atoms with Crippen LogP contribution in [0, 0.1) is 12.3 Å². The number of nitrogens with one attached hydrogen (secondary N) is 1. The molecule has 10 heavy (non-hydrogen) atoms. The molecule has 0 unspecified atom stereocenters. The van der Waals surface area contributed by atoms with E-state index in [-0.39, 0.29) is 5.68 Å². The van der Waals surface area contributed by atoms with Crippen LogP contribution in [0.5, 0.6) is 0 Å². The van der Waals surface area contributed by atoms with Crippen molar-refractivity contribution in [3.8, 4) is 0 Å². The summed E-state index contributed by atoms with van der Waals surface area (Å²) >= 11 is 0. The van der Waals surface area contributed by atoms with Gasteiger partial charge in [0.1, 0.15) is 0 Å². The number of aromatic nitrogens is 2. The minimum atomic E-state index is 0.0670. The van der Waals surface area contributed by atoms with E-state index < -0.39 is 0 Å². The second-order valence-electron chi connectivity index (χ2n) is 1.90. The van der Waals surface area contributed by atoms with Crippen molar-refractivity contribution in [3.63, 3.8) is 0 Å². The van der Waals surface area contributed by atoms with Crippen LogP contribution in [0.15, 0.2) is 17.1 Å². The van der Waals surface area contributed by atoms with Gasteiger partial charge in [0, 0.05) is 6.92 Å². The highest BCUT2D eigenvalue weighted by atomic mass is 16.4. The number of allylic oxidation sites excluding steroid dienone is 1. The summed E-state index contributed by atoms with van der Waals surface area (Å²) in [6.07, 6.45) is 1.67. The first-order chi connectivity index (χ1) is 4.74. The Hall–Kier alpha value is -1.32. The quantitative estimate of drug-likeness (QED) is 0.605. The van der Waals surface area contributed by atoms with Crippen LogP contribution in [0.25, 0.3) is 0 Å². The first-order valence-electron chi connectivity index (χ1n) is 2.94. The largest absolute Gasteiger partial charge is 0.409 e. The van der Waals surface area contributed by atoms with Crippen molar-refractivity contribution >= 4 is 0 Å². The Balaban J connectivity index is 3.03. The molecule has 1 aromatic rings. The summed E-state index contributed by atoms with van der Waals surface area (Å²) in [6.45, 7) is 5.75. The van der Waals surface area contributed by atoms with Crippen molar-refractivity contribution in [2.45, 2.75) is 13.5 Å². The molecule has 1 aromatic heterocycles. The molecule has 0 amide bonds. The van der Waals surface area contributed by atoms with E-state index in [4.69, 9.17) is 9.83 Å². The van der Waals surface area contributed by atoms with Crippen LogP contribution in [0.3, 0.4) is 0 Å². The third-order valence-electron chi connectivity index (χ3n) is 1.04. The van der Waals surface area contributed by atoms with Crippen molar-refractivity contribution in [2.24, 2.45) is 0 Å². The van der Waals surface area contributed by atoms with Gasteiger partial charge in [-0.05, 0) is 0 Å². The van der Waals surface area contributed by atoms with E-state index in [1.807, 2.05) is 0 Å². The summed E-state index contributed by atoms with van der Waals surface area (Å²) in [7, 11) is 0. The SMILES string of the molecule is C=CCn1nc(C)oc1=N. The van der Waals surface area contributed by atoms with Gasteiger partial charge in [0.2, 0.25) is 5.89 Å². The van der Waals surface area contributed by atoms with Crippen molar-refractivity contribution in [1.82, 2.24) is 9.78 Å². The molecule has 0 aliphatic heterocycles. The fourth-order valence-electron chi connectivity index (χ4n) is 0.674. The van der Waals surface area contributed by atoms with E-state index in [9.17, 15) is 0 Å². The van der Waals surface area contributed by atoms with Gasteiger partial charge in [-0.1, -0.05) is 6.08 Å². The topological polar surface area (TPSA) is 54.8 Å². The second-order valence-corrected chi connectivity index (χ2v) is 1.90. The Morgan fingerprint density at radius 2 is 2.60 bits per heavy atom. The van der Waals surface area contributed by atoms with Gasteiger partial charge in [0.15, 0.2) is 0 Å². The van der Waals surface area contributed by atoms with E-state index in [1.54, 1.807) is 13.0 Å². The maximum Gasteiger partial charge on any atom is 0.312 e. The highest BCUT2D eigenvalue weighted by Gasteiger charge is 1.96. The number of hydrogen-bond donors (Lipinski definition) is 1. The zero-order chi connectivity index (χ0) is 7.56. The summed E-state index contributed by atoms with van der Waals surface area (Å²) in [5, 5.41) is 11.1.